The number of amides is 1. The normalized spacial score (nSPS) is 11.2. The summed E-state index contributed by atoms with van der Waals surface area (Å²) in [6.07, 6.45) is 1.20. The van der Waals surface area contributed by atoms with E-state index in [0.717, 1.165) is 6.26 Å². The smallest absolute Gasteiger partial charge is 0.232 e. The predicted molar refractivity (Wildman–Crippen MR) is 96.8 cm³/mol. The summed E-state index contributed by atoms with van der Waals surface area (Å²) >= 11 is 5.81. The van der Waals surface area contributed by atoms with E-state index in [1.165, 1.54) is 28.6 Å². The van der Waals surface area contributed by atoms with E-state index >= 15 is 0 Å². The lowest BCUT2D eigenvalue weighted by Crippen LogP contribution is -2.38. The van der Waals surface area contributed by atoms with Crippen LogP contribution < -0.4 is 9.62 Å². The second-order valence-corrected chi connectivity index (χ2v) is 7.81. The number of benzene rings is 2. The van der Waals surface area contributed by atoms with E-state index in [1.54, 1.807) is 24.3 Å². The van der Waals surface area contributed by atoms with E-state index in [4.69, 9.17) is 11.6 Å². The zero-order valence-electron chi connectivity index (χ0n) is 13.6. The molecule has 0 aromatic heterocycles. The third-order valence-electron chi connectivity index (χ3n) is 3.43. The lowest BCUT2D eigenvalue weighted by molar-refractivity contribution is -0.120. The molecule has 0 unspecified atom stereocenters. The number of hydrogen-bond acceptors (Lipinski definition) is 3. The van der Waals surface area contributed by atoms with Crippen LogP contribution in [-0.2, 0) is 21.2 Å². The maximum absolute atomic E-state index is 12.8. The number of hydrogen-bond donors (Lipinski definition) is 1. The van der Waals surface area contributed by atoms with Gasteiger partial charge in [0, 0.05) is 11.6 Å². The lowest BCUT2D eigenvalue weighted by atomic mass is 10.1. The maximum Gasteiger partial charge on any atom is 0.232 e. The minimum Gasteiger partial charge on any atom is -0.354 e. The fourth-order valence-electron chi connectivity index (χ4n) is 2.24. The van der Waals surface area contributed by atoms with E-state index < -0.39 is 10.0 Å². The fourth-order valence-corrected chi connectivity index (χ4v) is 3.29. The first-order chi connectivity index (χ1) is 11.8. The Labute approximate surface area is 151 Å². The van der Waals surface area contributed by atoms with Crippen molar-refractivity contribution in [1.29, 1.82) is 0 Å². The van der Waals surface area contributed by atoms with Crippen molar-refractivity contribution in [1.82, 2.24) is 5.32 Å². The molecule has 2 aromatic rings. The van der Waals surface area contributed by atoms with Gasteiger partial charge in [-0.15, -0.1) is 0 Å². The largest absolute Gasteiger partial charge is 0.354 e. The van der Waals surface area contributed by atoms with Crippen LogP contribution in [0.2, 0.25) is 5.02 Å². The Bertz CT molecular complexity index is 824. The number of anilines is 1. The molecule has 0 aliphatic carbocycles. The molecule has 134 valence electrons. The Morgan fingerprint density at radius 2 is 1.72 bits per heavy atom. The van der Waals surface area contributed by atoms with E-state index in [9.17, 15) is 17.6 Å². The summed E-state index contributed by atoms with van der Waals surface area (Å²) < 4.78 is 38.0. The molecule has 0 saturated carbocycles. The zero-order valence-corrected chi connectivity index (χ0v) is 15.1. The number of carbonyl (C=O) groups excluding carboxylic acids is 1. The monoisotopic (exact) mass is 384 g/mol. The number of carbonyl (C=O) groups is 1. The predicted octanol–water partition coefficient (Wildman–Crippen LogP) is 2.60. The van der Waals surface area contributed by atoms with Crippen molar-refractivity contribution in [2.75, 3.05) is 23.7 Å². The first-order valence-electron chi connectivity index (χ1n) is 7.50. The van der Waals surface area contributed by atoms with E-state index in [1.807, 2.05) is 0 Å². The Morgan fingerprint density at radius 1 is 1.12 bits per heavy atom. The summed E-state index contributed by atoms with van der Waals surface area (Å²) in [7, 11) is -3.50. The molecule has 8 heteroatoms. The van der Waals surface area contributed by atoms with E-state index in [0.29, 0.717) is 16.3 Å². The van der Waals surface area contributed by atoms with Gasteiger partial charge in [0.2, 0.25) is 15.9 Å². The molecule has 2 rings (SSSR count). The van der Waals surface area contributed by atoms with Gasteiger partial charge in [-0.1, -0.05) is 23.7 Å². The van der Waals surface area contributed by atoms with Crippen LogP contribution in [0.25, 0.3) is 0 Å². The van der Waals surface area contributed by atoms with E-state index in [-0.39, 0.29) is 31.2 Å². The minimum atomic E-state index is -3.50. The van der Waals surface area contributed by atoms with Gasteiger partial charge in [-0.05, 0) is 42.0 Å². The molecule has 0 aliphatic rings. The molecule has 1 amide bonds. The van der Waals surface area contributed by atoms with Crippen molar-refractivity contribution >= 4 is 33.2 Å². The van der Waals surface area contributed by atoms with Gasteiger partial charge in [0.1, 0.15) is 5.82 Å². The third kappa shape index (κ3) is 6.03. The first-order valence-corrected chi connectivity index (χ1v) is 9.73. The summed E-state index contributed by atoms with van der Waals surface area (Å²) in [6.45, 7) is 0.241. The number of halogens is 2. The molecular weight excluding hydrogens is 367 g/mol. The highest BCUT2D eigenvalue weighted by Crippen LogP contribution is 2.19. The Morgan fingerprint density at radius 3 is 2.28 bits per heavy atom. The van der Waals surface area contributed by atoms with Gasteiger partial charge in [0.15, 0.2) is 0 Å². The Kier molecular flexibility index (Phi) is 6.39. The van der Waals surface area contributed by atoms with Crippen molar-refractivity contribution in [3.63, 3.8) is 0 Å². The standard InChI is InChI=1S/C17H18ClFN2O3S/c1-25(23,24)21(16-8-4-14(18)5-9-16)11-10-20-17(22)12-13-2-6-15(19)7-3-13/h2-9H,10-12H2,1H3,(H,20,22). The van der Waals surface area contributed by atoms with Crippen molar-refractivity contribution in [3.8, 4) is 0 Å². The fraction of sp³-hybridized carbons (Fsp3) is 0.235. The summed E-state index contributed by atoms with van der Waals surface area (Å²) in [6, 6.07) is 12.0. The second-order valence-electron chi connectivity index (χ2n) is 5.46. The SMILES string of the molecule is CS(=O)(=O)N(CCNC(=O)Cc1ccc(F)cc1)c1ccc(Cl)cc1. The molecule has 2 aromatic carbocycles. The average Bonchev–Trinajstić information content (AvgIpc) is 2.54. The summed E-state index contributed by atoms with van der Waals surface area (Å²) in [5.74, 6) is -0.632. The van der Waals surface area contributed by atoms with Crippen molar-refractivity contribution in [2.24, 2.45) is 0 Å². The van der Waals surface area contributed by atoms with Crippen molar-refractivity contribution in [2.45, 2.75) is 6.42 Å². The zero-order chi connectivity index (χ0) is 18.4. The van der Waals surface area contributed by atoms with Gasteiger partial charge in [-0.2, -0.15) is 0 Å². The average molecular weight is 385 g/mol. The molecule has 0 aliphatic heterocycles. The molecule has 5 nitrogen and oxygen atoms in total. The topological polar surface area (TPSA) is 66.5 Å². The van der Waals surface area contributed by atoms with Crippen LogP contribution in [0.1, 0.15) is 5.56 Å². The molecular formula is C17H18ClFN2O3S. The van der Waals surface area contributed by atoms with Crippen LogP contribution in [0.5, 0.6) is 0 Å². The highest BCUT2D eigenvalue weighted by molar-refractivity contribution is 7.92. The van der Waals surface area contributed by atoms with Gasteiger partial charge < -0.3 is 5.32 Å². The molecule has 1 N–H and O–H groups in total. The molecule has 0 fully saturated rings. The van der Waals surface area contributed by atoms with Gasteiger partial charge in [0.25, 0.3) is 0 Å². The number of rotatable bonds is 7. The van der Waals surface area contributed by atoms with Gasteiger partial charge in [-0.25, -0.2) is 12.8 Å². The van der Waals surface area contributed by atoms with Crippen LogP contribution in [0.3, 0.4) is 0 Å². The summed E-state index contributed by atoms with van der Waals surface area (Å²) in [4.78, 5) is 11.9. The molecule has 0 bridgehead atoms. The van der Waals surface area contributed by atoms with E-state index in [2.05, 4.69) is 5.32 Å². The number of nitrogens with one attached hydrogen (secondary N) is 1. The van der Waals surface area contributed by atoms with Crippen LogP contribution in [0.4, 0.5) is 10.1 Å². The molecule has 0 saturated heterocycles. The van der Waals surface area contributed by atoms with Gasteiger partial charge in [0.05, 0.1) is 24.9 Å². The third-order valence-corrected chi connectivity index (χ3v) is 4.88. The minimum absolute atomic E-state index is 0.0929. The molecule has 0 spiro atoms. The van der Waals surface area contributed by atoms with Crippen molar-refractivity contribution < 1.29 is 17.6 Å². The highest BCUT2D eigenvalue weighted by atomic mass is 35.5. The first kappa shape index (κ1) is 19.2. The molecule has 0 heterocycles. The second kappa shape index (κ2) is 8.31. The summed E-state index contributed by atoms with van der Waals surface area (Å²) in [5, 5.41) is 3.17. The summed E-state index contributed by atoms with van der Waals surface area (Å²) in [5.41, 5.74) is 1.15. The van der Waals surface area contributed by atoms with Crippen LogP contribution in [0.15, 0.2) is 48.5 Å². The van der Waals surface area contributed by atoms with Crippen molar-refractivity contribution in [3.05, 3.63) is 64.9 Å². The van der Waals surface area contributed by atoms with Crippen LogP contribution >= 0.6 is 11.6 Å². The number of nitrogens with zero attached hydrogens (tertiary/aromatic N) is 1. The highest BCUT2D eigenvalue weighted by Gasteiger charge is 2.17. The lowest BCUT2D eigenvalue weighted by Gasteiger charge is -2.22. The van der Waals surface area contributed by atoms with Gasteiger partial charge >= 0.3 is 0 Å². The van der Waals surface area contributed by atoms with Gasteiger partial charge in [-0.3, -0.25) is 9.10 Å². The molecule has 0 radical (unpaired) electrons. The molecule has 0 atom stereocenters. The van der Waals surface area contributed by atoms with Crippen LogP contribution in [0, 0.1) is 5.82 Å². The Hall–Kier alpha value is -2.12. The maximum atomic E-state index is 12.8. The Balaban J connectivity index is 1.93. The number of sulfonamides is 1. The quantitative estimate of drug-likeness (QED) is 0.798. The van der Waals surface area contributed by atoms with Crippen LogP contribution in [-0.4, -0.2) is 33.7 Å². The molecule has 25 heavy (non-hydrogen) atoms.